The zero-order valence-electron chi connectivity index (χ0n) is 10.8. The average Bonchev–Trinajstić information content (AvgIpc) is 2.56. The van der Waals surface area contributed by atoms with E-state index in [1.165, 1.54) is 4.68 Å². The maximum atomic E-state index is 5.92. The van der Waals surface area contributed by atoms with E-state index in [2.05, 4.69) is 4.98 Å². The molecule has 0 amide bonds. The number of ether oxygens (including phenoxy) is 1. The van der Waals surface area contributed by atoms with E-state index < -0.39 is 0 Å². The lowest BCUT2D eigenvalue weighted by Gasteiger charge is -2.10. The number of benzene rings is 1. The summed E-state index contributed by atoms with van der Waals surface area (Å²) in [5, 5.41) is 0. The van der Waals surface area contributed by atoms with E-state index in [1.807, 2.05) is 45.0 Å². The molecule has 5 nitrogen and oxygen atoms in total. The first kappa shape index (κ1) is 12.3. The first-order valence-electron chi connectivity index (χ1n) is 5.86. The van der Waals surface area contributed by atoms with E-state index in [4.69, 9.17) is 16.3 Å². The molecule has 1 heterocycles. The third-order valence-electron chi connectivity index (χ3n) is 2.60. The van der Waals surface area contributed by atoms with Gasteiger partial charge in [0.15, 0.2) is 5.82 Å². The molecule has 0 aliphatic heterocycles. The van der Waals surface area contributed by atoms with Gasteiger partial charge in [-0.25, -0.2) is 9.66 Å². The first-order chi connectivity index (χ1) is 8.49. The predicted molar refractivity (Wildman–Crippen MR) is 72.7 cm³/mol. The summed E-state index contributed by atoms with van der Waals surface area (Å²) >= 11 is 0. The van der Waals surface area contributed by atoms with Gasteiger partial charge in [0.1, 0.15) is 17.3 Å². The molecule has 1 aromatic heterocycles. The summed E-state index contributed by atoms with van der Waals surface area (Å²) in [6, 6.07) is 7.67. The Balaban J connectivity index is 2.41. The Kier molecular flexibility index (Phi) is 3.14. The standard InChI is InChI=1S/C13H18N4O/c1-8(2)18-11-6-4-5-10(7-11)12-13(14)17(15)9(3)16-12/h4-8H,14-15H2,1-3H3. The average molecular weight is 246 g/mol. The van der Waals surface area contributed by atoms with Crippen molar-refractivity contribution >= 4 is 5.82 Å². The molecule has 1 aromatic carbocycles. The minimum absolute atomic E-state index is 0.131. The number of nitrogens with two attached hydrogens (primary N) is 2. The van der Waals surface area contributed by atoms with E-state index in [0.717, 1.165) is 11.3 Å². The van der Waals surface area contributed by atoms with Crippen LogP contribution in [0.15, 0.2) is 24.3 Å². The number of imidazole rings is 1. The fourth-order valence-corrected chi connectivity index (χ4v) is 1.76. The van der Waals surface area contributed by atoms with E-state index in [1.54, 1.807) is 0 Å². The van der Waals surface area contributed by atoms with Crippen LogP contribution in [0.5, 0.6) is 5.75 Å². The van der Waals surface area contributed by atoms with Crippen LogP contribution in [0.4, 0.5) is 5.82 Å². The van der Waals surface area contributed by atoms with Crippen molar-refractivity contribution in [2.24, 2.45) is 0 Å². The molecule has 0 unspecified atom stereocenters. The summed E-state index contributed by atoms with van der Waals surface area (Å²) < 4.78 is 7.03. The molecule has 5 heteroatoms. The van der Waals surface area contributed by atoms with Crippen molar-refractivity contribution < 1.29 is 4.74 Å². The van der Waals surface area contributed by atoms with Gasteiger partial charge in [0.25, 0.3) is 0 Å². The maximum Gasteiger partial charge on any atom is 0.150 e. The van der Waals surface area contributed by atoms with Crippen LogP contribution in [0, 0.1) is 6.92 Å². The molecule has 0 aliphatic rings. The van der Waals surface area contributed by atoms with Crippen LogP contribution >= 0.6 is 0 Å². The molecule has 2 rings (SSSR count). The predicted octanol–water partition coefficient (Wildman–Crippen LogP) is 1.94. The molecule has 2 aromatic rings. The molecule has 4 N–H and O–H groups in total. The molecule has 0 spiro atoms. The van der Waals surface area contributed by atoms with Gasteiger partial charge < -0.3 is 16.3 Å². The van der Waals surface area contributed by atoms with Crippen molar-refractivity contribution in [1.82, 2.24) is 9.66 Å². The van der Waals surface area contributed by atoms with Gasteiger partial charge in [0, 0.05) is 5.56 Å². The zero-order valence-corrected chi connectivity index (χ0v) is 10.8. The number of rotatable bonds is 3. The second-order valence-electron chi connectivity index (χ2n) is 4.46. The smallest absolute Gasteiger partial charge is 0.150 e. The van der Waals surface area contributed by atoms with Gasteiger partial charge in [-0.05, 0) is 32.9 Å². The monoisotopic (exact) mass is 246 g/mol. The number of aromatic nitrogens is 2. The third-order valence-corrected chi connectivity index (χ3v) is 2.60. The van der Waals surface area contributed by atoms with Crippen LogP contribution in [0.1, 0.15) is 19.7 Å². The van der Waals surface area contributed by atoms with Crippen LogP contribution in [0.2, 0.25) is 0 Å². The van der Waals surface area contributed by atoms with Gasteiger partial charge in [-0.15, -0.1) is 0 Å². The summed E-state index contributed by atoms with van der Waals surface area (Å²) in [6.45, 7) is 5.79. The van der Waals surface area contributed by atoms with Crippen molar-refractivity contribution in [2.75, 3.05) is 11.6 Å². The van der Waals surface area contributed by atoms with Gasteiger partial charge in [0.2, 0.25) is 0 Å². The number of nitrogen functional groups attached to an aromatic ring is 2. The number of aryl methyl sites for hydroxylation is 1. The molecule has 0 aliphatic carbocycles. The molecule has 0 atom stereocenters. The lowest BCUT2D eigenvalue weighted by Crippen LogP contribution is -2.13. The Labute approximate surface area is 106 Å². The highest BCUT2D eigenvalue weighted by Gasteiger charge is 2.12. The van der Waals surface area contributed by atoms with Gasteiger partial charge in [0.05, 0.1) is 6.10 Å². The fourth-order valence-electron chi connectivity index (χ4n) is 1.76. The highest BCUT2D eigenvalue weighted by Crippen LogP contribution is 2.27. The van der Waals surface area contributed by atoms with Crippen LogP contribution in [0.25, 0.3) is 11.3 Å². The van der Waals surface area contributed by atoms with Crippen LogP contribution in [-0.4, -0.2) is 15.8 Å². The minimum atomic E-state index is 0.131. The number of nitrogens with zero attached hydrogens (tertiary/aromatic N) is 2. The Morgan fingerprint density at radius 1 is 1.33 bits per heavy atom. The Hall–Kier alpha value is -2.17. The lowest BCUT2D eigenvalue weighted by atomic mass is 10.1. The van der Waals surface area contributed by atoms with E-state index in [9.17, 15) is 0 Å². The van der Waals surface area contributed by atoms with E-state index in [-0.39, 0.29) is 6.10 Å². The maximum absolute atomic E-state index is 5.92. The molecule has 0 bridgehead atoms. The Morgan fingerprint density at radius 3 is 2.61 bits per heavy atom. The van der Waals surface area contributed by atoms with Gasteiger partial charge in [-0.1, -0.05) is 12.1 Å². The fraction of sp³-hybridized carbons (Fsp3) is 0.308. The van der Waals surface area contributed by atoms with Crippen molar-refractivity contribution in [3.63, 3.8) is 0 Å². The second-order valence-corrected chi connectivity index (χ2v) is 4.46. The van der Waals surface area contributed by atoms with E-state index >= 15 is 0 Å². The van der Waals surface area contributed by atoms with Crippen LogP contribution in [-0.2, 0) is 0 Å². The van der Waals surface area contributed by atoms with Crippen molar-refractivity contribution in [3.8, 4) is 17.0 Å². The molecule has 18 heavy (non-hydrogen) atoms. The van der Waals surface area contributed by atoms with Crippen molar-refractivity contribution in [2.45, 2.75) is 26.9 Å². The normalized spacial score (nSPS) is 10.9. The first-order valence-corrected chi connectivity index (χ1v) is 5.86. The molecular formula is C13H18N4O. The number of hydrogen-bond donors (Lipinski definition) is 2. The molecule has 0 fully saturated rings. The van der Waals surface area contributed by atoms with Crippen molar-refractivity contribution in [3.05, 3.63) is 30.1 Å². The summed E-state index contributed by atoms with van der Waals surface area (Å²) in [5.74, 6) is 7.69. The molecule has 0 saturated carbocycles. The molecule has 0 radical (unpaired) electrons. The summed E-state index contributed by atoms with van der Waals surface area (Å²) in [5.41, 5.74) is 7.51. The highest BCUT2D eigenvalue weighted by atomic mass is 16.5. The van der Waals surface area contributed by atoms with Gasteiger partial charge in [-0.2, -0.15) is 0 Å². The molecular weight excluding hydrogens is 228 g/mol. The van der Waals surface area contributed by atoms with Crippen LogP contribution in [0.3, 0.4) is 0 Å². The van der Waals surface area contributed by atoms with E-state index in [0.29, 0.717) is 17.3 Å². The zero-order chi connectivity index (χ0) is 13.3. The Bertz CT molecular complexity index is 560. The van der Waals surface area contributed by atoms with Gasteiger partial charge in [-0.3, -0.25) is 0 Å². The third kappa shape index (κ3) is 2.25. The largest absolute Gasteiger partial charge is 0.491 e. The summed E-state index contributed by atoms with van der Waals surface area (Å²) in [6.07, 6.45) is 0.131. The number of hydrogen-bond acceptors (Lipinski definition) is 4. The highest BCUT2D eigenvalue weighted by molar-refractivity contribution is 5.72. The van der Waals surface area contributed by atoms with Gasteiger partial charge >= 0.3 is 0 Å². The molecule has 0 saturated heterocycles. The van der Waals surface area contributed by atoms with Crippen molar-refractivity contribution in [1.29, 1.82) is 0 Å². The SMILES string of the molecule is Cc1nc(-c2cccc(OC(C)C)c2)c(N)n1N. The second kappa shape index (κ2) is 4.60. The summed E-state index contributed by atoms with van der Waals surface area (Å²) in [7, 11) is 0. The lowest BCUT2D eigenvalue weighted by molar-refractivity contribution is 0.242. The molecule has 96 valence electrons. The Morgan fingerprint density at radius 2 is 2.06 bits per heavy atom. The summed E-state index contributed by atoms with van der Waals surface area (Å²) in [4.78, 5) is 4.36. The minimum Gasteiger partial charge on any atom is -0.491 e. The van der Waals surface area contributed by atoms with Crippen LogP contribution < -0.4 is 16.3 Å². The quantitative estimate of drug-likeness (QED) is 0.811. The number of anilines is 1. The topological polar surface area (TPSA) is 79.1 Å².